The first kappa shape index (κ1) is 13.0. The van der Waals surface area contributed by atoms with Crippen LogP contribution in [-0.4, -0.2) is 17.0 Å². The van der Waals surface area contributed by atoms with Gasteiger partial charge in [0.1, 0.15) is 5.38 Å². The molecule has 0 aliphatic rings. The second kappa shape index (κ2) is 5.32. The Morgan fingerprint density at radius 1 is 1.56 bits per heavy atom. The van der Waals surface area contributed by atoms with Crippen molar-refractivity contribution in [3.05, 3.63) is 33.9 Å². The maximum Gasteiger partial charge on any atom is 0.269 e. The molecule has 86 valence electrons. The minimum absolute atomic E-state index is 0.0558. The van der Waals surface area contributed by atoms with Gasteiger partial charge in [0.2, 0.25) is 0 Å². The fraction of sp³-hybridized carbons (Fsp3) is 0.300. The first-order valence-electron chi connectivity index (χ1n) is 4.44. The number of nitrogens with zero attached hydrogens (tertiary/aromatic N) is 1. The zero-order chi connectivity index (χ0) is 12.3. The van der Waals surface area contributed by atoms with Crippen LogP contribution in [-0.2, 0) is 4.79 Å². The van der Waals surface area contributed by atoms with Gasteiger partial charge in [-0.15, -0.1) is 23.4 Å². The number of alkyl halides is 1. The lowest BCUT2D eigenvalue weighted by Gasteiger charge is -2.10. The summed E-state index contributed by atoms with van der Waals surface area (Å²) in [6.07, 6.45) is 1.83. The lowest BCUT2D eigenvalue weighted by Crippen LogP contribution is -2.04. The summed E-state index contributed by atoms with van der Waals surface area (Å²) in [6.45, 7) is 1.36. The van der Waals surface area contributed by atoms with Gasteiger partial charge in [0, 0.05) is 17.0 Å². The number of hydrogen-bond acceptors (Lipinski definition) is 4. The predicted molar refractivity (Wildman–Crippen MR) is 64.2 cm³/mol. The number of ketones is 1. The van der Waals surface area contributed by atoms with Crippen molar-refractivity contribution in [2.24, 2.45) is 0 Å². The van der Waals surface area contributed by atoms with Crippen molar-refractivity contribution in [1.82, 2.24) is 0 Å². The summed E-state index contributed by atoms with van der Waals surface area (Å²) in [5.41, 5.74) is 0.440. The number of Topliss-reactive ketones (excluding diaryl/α,β-unsaturated/α-hetero) is 1. The molecule has 0 N–H and O–H groups in total. The Hall–Kier alpha value is -1.07. The van der Waals surface area contributed by atoms with Crippen LogP contribution >= 0.6 is 23.4 Å². The van der Waals surface area contributed by atoms with Crippen molar-refractivity contribution < 1.29 is 9.72 Å². The van der Waals surface area contributed by atoms with Crippen LogP contribution in [0.25, 0.3) is 0 Å². The molecule has 0 radical (unpaired) electrons. The first-order chi connectivity index (χ1) is 7.47. The van der Waals surface area contributed by atoms with Gasteiger partial charge >= 0.3 is 0 Å². The highest BCUT2D eigenvalue weighted by molar-refractivity contribution is 7.98. The highest BCUT2D eigenvalue weighted by Crippen LogP contribution is 2.33. The van der Waals surface area contributed by atoms with E-state index in [4.69, 9.17) is 11.6 Å². The highest BCUT2D eigenvalue weighted by atomic mass is 35.5. The fourth-order valence-corrected chi connectivity index (χ4v) is 2.11. The summed E-state index contributed by atoms with van der Waals surface area (Å²) in [6, 6.07) is 4.36. The topological polar surface area (TPSA) is 60.2 Å². The number of benzene rings is 1. The smallest absolute Gasteiger partial charge is 0.269 e. The number of nitro groups is 1. The van der Waals surface area contributed by atoms with Gasteiger partial charge in [-0.05, 0) is 24.8 Å². The molecule has 6 heteroatoms. The third-order valence-electron chi connectivity index (χ3n) is 2.05. The summed E-state index contributed by atoms with van der Waals surface area (Å²) in [5.74, 6) is -0.225. The van der Waals surface area contributed by atoms with Gasteiger partial charge < -0.3 is 0 Å². The van der Waals surface area contributed by atoms with E-state index in [0.717, 1.165) is 4.90 Å². The summed E-state index contributed by atoms with van der Waals surface area (Å²) >= 11 is 7.32. The molecule has 0 aliphatic heterocycles. The maximum atomic E-state index is 11.2. The zero-order valence-electron chi connectivity index (χ0n) is 8.77. The van der Waals surface area contributed by atoms with Crippen LogP contribution in [0, 0.1) is 10.1 Å². The Balaban J connectivity index is 3.27. The number of rotatable bonds is 4. The Morgan fingerprint density at radius 3 is 2.62 bits per heavy atom. The lowest BCUT2D eigenvalue weighted by atomic mass is 10.1. The largest absolute Gasteiger partial charge is 0.298 e. The molecule has 1 rings (SSSR count). The Kier molecular flexibility index (Phi) is 4.32. The van der Waals surface area contributed by atoms with Crippen LogP contribution in [0.1, 0.15) is 17.9 Å². The van der Waals surface area contributed by atoms with Crippen molar-refractivity contribution >= 4 is 34.8 Å². The minimum Gasteiger partial charge on any atom is -0.298 e. The van der Waals surface area contributed by atoms with E-state index >= 15 is 0 Å². The molecule has 4 nitrogen and oxygen atoms in total. The second-order valence-corrected chi connectivity index (χ2v) is 4.44. The van der Waals surface area contributed by atoms with Crippen LogP contribution in [0.5, 0.6) is 0 Å². The van der Waals surface area contributed by atoms with Crippen LogP contribution in [0.4, 0.5) is 5.69 Å². The first-order valence-corrected chi connectivity index (χ1v) is 6.10. The van der Waals surface area contributed by atoms with Gasteiger partial charge in [0.05, 0.1) is 4.92 Å². The van der Waals surface area contributed by atoms with Gasteiger partial charge in [-0.2, -0.15) is 0 Å². The number of thioether (sulfide) groups is 1. The molecule has 0 bridgehead atoms. The van der Waals surface area contributed by atoms with E-state index in [1.165, 1.54) is 30.8 Å². The fourth-order valence-electron chi connectivity index (χ4n) is 1.25. The molecule has 0 fully saturated rings. The standard InChI is InChI=1S/C10H10ClNO3S/c1-6(13)10(11)8-5-7(12(14)15)3-4-9(8)16-2/h3-5,10H,1-2H3. The molecule has 0 saturated carbocycles. The van der Waals surface area contributed by atoms with E-state index in [0.29, 0.717) is 5.56 Å². The average Bonchev–Trinajstić information content (AvgIpc) is 2.26. The summed E-state index contributed by atoms with van der Waals surface area (Å²) in [7, 11) is 0. The molecule has 1 atom stereocenters. The number of hydrogen-bond donors (Lipinski definition) is 0. The SMILES string of the molecule is CSc1ccc([N+](=O)[O-])cc1C(Cl)C(C)=O. The molecule has 0 aromatic heterocycles. The second-order valence-electron chi connectivity index (χ2n) is 3.16. The van der Waals surface area contributed by atoms with E-state index in [1.54, 1.807) is 6.07 Å². The summed E-state index contributed by atoms with van der Waals surface area (Å²) in [5, 5.41) is 9.78. The number of carbonyl (C=O) groups is 1. The van der Waals surface area contributed by atoms with Crippen molar-refractivity contribution in [2.45, 2.75) is 17.2 Å². The third kappa shape index (κ3) is 2.74. The monoisotopic (exact) mass is 259 g/mol. The zero-order valence-corrected chi connectivity index (χ0v) is 10.3. The Bertz CT molecular complexity index is 436. The van der Waals surface area contributed by atoms with Crippen LogP contribution < -0.4 is 0 Å². The molecule has 0 saturated heterocycles. The molecule has 16 heavy (non-hydrogen) atoms. The van der Waals surface area contributed by atoms with Crippen LogP contribution in [0.3, 0.4) is 0 Å². The lowest BCUT2D eigenvalue weighted by molar-refractivity contribution is -0.385. The number of nitro benzene ring substituents is 1. The highest BCUT2D eigenvalue weighted by Gasteiger charge is 2.20. The number of halogens is 1. The van der Waals surface area contributed by atoms with E-state index in [-0.39, 0.29) is 11.5 Å². The molecule has 1 aromatic rings. The van der Waals surface area contributed by atoms with E-state index in [1.807, 2.05) is 6.26 Å². The number of non-ortho nitro benzene ring substituents is 1. The molecular weight excluding hydrogens is 250 g/mol. The van der Waals surface area contributed by atoms with Crippen molar-refractivity contribution in [3.8, 4) is 0 Å². The van der Waals surface area contributed by atoms with Crippen molar-refractivity contribution in [2.75, 3.05) is 6.26 Å². The van der Waals surface area contributed by atoms with E-state index < -0.39 is 10.3 Å². The van der Waals surface area contributed by atoms with Gasteiger partial charge in [-0.1, -0.05) is 0 Å². The van der Waals surface area contributed by atoms with Gasteiger partial charge in [-0.25, -0.2) is 0 Å². The summed E-state index contributed by atoms with van der Waals surface area (Å²) < 4.78 is 0. The molecule has 1 aromatic carbocycles. The molecule has 1 unspecified atom stereocenters. The molecule has 0 spiro atoms. The Morgan fingerprint density at radius 2 is 2.19 bits per heavy atom. The molecule has 0 amide bonds. The van der Waals surface area contributed by atoms with Gasteiger partial charge in [0.25, 0.3) is 5.69 Å². The summed E-state index contributed by atoms with van der Waals surface area (Å²) in [4.78, 5) is 22.1. The van der Waals surface area contributed by atoms with Gasteiger partial charge in [0.15, 0.2) is 5.78 Å². The normalized spacial score (nSPS) is 12.2. The molecular formula is C10H10ClNO3S. The van der Waals surface area contributed by atoms with Crippen LogP contribution in [0.15, 0.2) is 23.1 Å². The molecule has 0 aliphatic carbocycles. The maximum absolute atomic E-state index is 11.2. The third-order valence-corrected chi connectivity index (χ3v) is 3.41. The number of carbonyl (C=O) groups excluding carboxylic acids is 1. The van der Waals surface area contributed by atoms with E-state index in [9.17, 15) is 14.9 Å². The van der Waals surface area contributed by atoms with Crippen molar-refractivity contribution in [3.63, 3.8) is 0 Å². The van der Waals surface area contributed by atoms with E-state index in [2.05, 4.69) is 0 Å². The van der Waals surface area contributed by atoms with Crippen molar-refractivity contribution in [1.29, 1.82) is 0 Å². The van der Waals surface area contributed by atoms with Gasteiger partial charge in [-0.3, -0.25) is 14.9 Å². The Labute approximate surface area is 102 Å². The molecule has 0 heterocycles. The minimum atomic E-state index is -0.831. The predicted octanol–water partition coefficient (Wildman–Crippen LogP) is 3.19. The van der Waals surface area contributed by atoms with Crippen LogP contribution in [0.2, 0.25) is 0 Å². The average molecular weight is 260 g/mol. The quantitative estimate of drug-likeness (QED) is 0.361.